The van der Waals surface area contributed by atoms with Crippen molar-refractivity contribution in [1.82, 2.24) is 4.98 Å². The van der Waals surface area contributed by atoms with Gasteiger partial charge in [-0.05, 0) is 36.8 Å². The Labute approximate surface area is 155 Å². The maximum atomic E-state index is 13.9. The lowest BCUT2D eigenvalue weighted by Gasteiger charge is -2.11. The van der Waals surface area contributed by atoms with E-state index < -0.39 is 11.7 Å². The molecule has 7 heteroatoms. The Balaban J connectivity index is 1.83. The van der Waals surface area contributed by atoms with E-state index in [0.717, 1.165) is 5.56 Å². The monoisotopic (exact) mass is 367 g/mol. The van der Waals surface area contributed by atoms with E-state index in [4.69, 9.17) is 4.74 Å². The highest BCUT2D eigenvalue weighted by Crippen LogP contribution is 2.22. The molecule has 0 aliphatic carbocycles. The average Bonchev–Trinajstić information content (AvgIpc) is 2.64. The summed E-state index contributed by atoms with van der Waals surface area (Å²) < 4.78 is 18.7. The number of fused-ring (bicyclic) bond motifs is 1. The van der Waals surface area contributed by atoms with Gasteiger partial charge < -0.3 is 15.4 Å². The first-order valence-corrected chi connectivity index (χ1v) is 8.24. The number of pyridine rings is 1. The Hall–Kier alpha value is -3.32. The number of hydrogen-bond donors (Lipinski definition) is 2. The highest BCUT2D eigenvalue weighted by atomic mass is 19.1. The van der Waals surface area contributed by atoms with Crippen LogP contribution in [-0.2, 0) is 9.53 Å². The molecule has 138 valence electrons. The molecule has 3 aromatic rings. The molecule has 2 amide bonds. The minimum atomic E-state index is -0.485. The van der Waals surface area contributed by atoms with Crippen LogP contribution in [0.2, 0.25) is 0 Å². The summed E-state index contributed by atoms with van der Waals surface area (Å²) in [4.78, 5) is 28.3. The minimum Gasteiger partial charge on any atom is -0.375 e. The van der Waals surface area contributed by atoms with E-state index in [-0.39, 0.29) is 23.7 Å². The number of carbonyl (C=O) groups is 2. The summed E-state index contributed by atoms with van der Waals surface area (Å²) >= 11 is 0. The summed E-state index contributed by atoms with van der Waals surface area (Å²) in [7, 11) is 1.43. The summed E-state index contributed by atoms with van der Waals surface area (Å²) in [5, 5.41) is 6.04. The maximum absolute atomic E-state index is 13.9. The van der Waals surface area contributed by atoms with Crippen molar-refractivity contribution in [1.29, 1.82) is 0 Å². The molecule has 1 heterocycles. The number of nitrogens with one attached hydrogen (secondary N) is 2. The number of hydrogen-bond acceptors (Lipinski definition) is 4. The lowest BCUT2D eigenvalue weighted by Crippen LogP contribution is -2.18. The normalized spacial score (nSPS) is 10.6. The largest absolute Gasteiger partial charge is 0.375 e. The van der Waals surface area contributed by atoms with Gasteiger partial charge in [-0.2, -0.15) is 0 Å². The van der Waals surface area contributed by atoms with Gasteiger partial charge in [-0.1, -0.05) is 24.3 Å². The number of halogens is 1. The highest BCUT2D eigenvalue weighted by Gasteiger charge is 2.12. The van der Waals surface area contributed by atoms with Gasteiger partial charge in [0.2, 0.25) is 5.91 Å². The number of methoxy groups -OCH3 is 1. The molecule has 2 N–H and O–H groups in total. The van der Waals surface area contributed by atoms with Crippen molar-refractivity contribution in [3.05, 3.63) is 65.6 Å². The second-order valence-electron chi connectivity index (χ2n) is 5.97. The lowest BCUT2D eigenvalue weighted by atomic mass is 10.1. The first kappa shape index (κ1) is 18.5. The Morgan fingerprint density at radius 3 is 2.70 bits per heavy atom. The van der Waals surface area contributed by atoms with Crippen LogP contribution in [-0.4, -0.2) is 30.5 Å². The van der Waals surface area contributed by atoms with Crippen LogP contribution in [0.5, 0.6) is 0 Å². The zero-order valence-corrected chi connectivity index (χ0v) is 14.9. The topological polar surface area (TPSA) is 80.3 Å². The molecule has 0 spiro atoms. The number of ether oxygens (including phenoxy) is 1. The van der Waals surface area contributed by atoms with Crippen molar-refractivity contribution >= 4 is 34.1 Å². The summed E-state index contributed by atoms with van der Waals surface area (Å²) in [5.74, 6) is -1.25. The molecule has 3 rings (SSSR count). The summed E-state index contributed by atoms with van der Waals surface area (Å²) in [6.07, 6.45) is 0. The van der Waals surface area contributed by atoms with Crippen LogP contribution < -0.4 is 10.6 Å². The Morgan fingerprint density at radius 2 is 1.93 bits per heavy atom. The highest BCUT2D eigenvalue weighted by molar-refractivity contribution is 6.05. The molecule has 1 aromatic heterocycles. The van der Waals surface area contributed by atoms with Crippen molar-refractivity contribution in [3.63, 3.8) is 0 Å². The van der Waals surface area contributed by atoms with Gasteiger partial charge in [0.15, 0.2) is 0 Å². The molecule has 6 nitrogen and oxygen atoms in total. The van der Waals surface area contributed by atoms with Crippen LogP contribution in [0.15, 0.2) is 48.5 Å². The quantitative estimate of drug-likeness (QED) is 0.723. The molecule has 0 atom stereocenters. The third-order valence-corrected chi connectivity index (χ3v) is 3.95. The SMILES string of the molecule is COCC(=O)Nc1ccc(C)c(NC(=O)c2ccc3cccc(F)c3n2)c1. The molecule has 0 radical (unpaired) electrons. The number of benzene rings is 2. The summed E-state index contributed by atoms with van der Waals surface area (Å²) in [6.45, 7) is 1.76. The summed E-state index contributed by atoms with van der Waals surface area (Å²) in [6, 6.07) is 12.9. The van der Waals surface area contributed by atoms with E-state index in [1.165, 1.54) is 19.2 Å². The van der Waals surface area contributed by atoms with Gasteiger partial charge in [0, 0.05) is 23.9 Å². The second kappa shape index (κ2) is 7.92. The van der Waals surface area contributed by atoms with Crippen LogP contribution in [0.25, 0.3) is 10.9 Å². The molecule has 0 fully saturated rings. The zero-order valence-electron chi connectivity index (χ0n) is 14.9. The van der Waals surface area contributed by atoms with Gasteiger partial charge in [-0.25, -0.2) is 9.37 Å². The van der Waals surface area contributed by atoms with Gasteiger partial charge >= 0.3 is 0 Å². The molecule has 0 bridgehead atoms. The first-order valence-electron chi connectivity index (χ1n) is 8.24. The summed E-state index contributed by atoms with van der Waals surface area (Å²) in [5.41, 5.74) is 2.09. The smallest absolute Gasteiger partial charge is 0.274 e. The van der Waals surface area contributed by atoms with Crippen LogP contribution >= 0.6 is 0 Å². The van der Waals surface area contributed by atoms with Crippen LogP contribution in [0, 0.1) is 12.7 Å². The maximum Gasteiger partial charge on any atom is 0.274 e. The van der Waals surface area contributed by atoms with Crippen LogP contribution in [0.4, 0.5) is 15.8 Å². The molecule has 0 unspecified atom stereocenters. The Bertz CT molecular complexity index is 1020. The zero-order chi connectivity index (χ0) is 19.4. The number of nitrogens with zero attached hydrogens (tertiary/aromatic N) is 1. The molecule has 0 saturated carbocycles. The fourth-order valence-electron chi connectivity index (χ4n) is 2.59. The molecule has 0 aliphatic heterocycles. The van der Waals surface area contributed by atoms with Crippen LogP contribution in [0.1, 0.15) is 16.1 Å². The number of amides is 2. The first-order chi connectivity index (χ1) is 13.0. The molecular weight excluding hydrogens is 349 g/mol. The van der Waals surface area contributed by atoms with Gasteiger partial charge in [-0.15, -0.1) is 0 Å². The van der Waals surface area contributed by atoms with Gasteiger partial charge in [0.1, 0.15) is 23.6 Å². The molecule has 0 saturated heterocycles. The third kappa shape index (κ3) is 4.27. The fraction of sp³-hybridized carbons (Fsp3) is 0.150. The Kier molecular flexibility index (Phi) is 5.42. The third-order valence-electron chi connectivity index (χ3n) is 3.95. The Morgan fingerprint density at radius 1 is 1.11 bits per heavy atom. The second-order valence-corrected chi connectivity index (χ2v) is 5.97. The van der Waals surface area contributed by atoms with Crippen LogP contribution in [0.3, 0.4) is 0 Å². The van der Waals surface area contributed by atoms with Crippen molar-refractivity contribution in [2.24, 2.45) is 0 Å². The molecule has 27 heavy (non-hydrogen) atoms. The lowest BCUT2D eigenvalue weighted by molar-refractivity contribution is -0.119. The number of carbonyl (C=O) groups excluding carboxylic acids is 2. The van der Waals surface area contributed by atoms with E-state index in [0.29, 0.717) is 16.8 Å². The number of anilines is 2. The van der Waals surface area contributed by atoms with Gasteiger partial charge in [-0.3, -0.25) is 9.59 Å². The molecular formula is C20H18FN3O3. The van der Waals surface area contributed by atoms with E-state index >= 15 is 0 Å². The van der Waals surface area contributed by atoms with Crippen molar-refractivity contribution in [2.75, 3.05) is 24.4 Å². The number of para-hydroxylation sites is 1. The average molecular weight is 367 g/mol. The van der Waals surface area contributed by atoms with Gasteiger partial charge in [0.25, 0.3) is 5.91 Å². The van der Waals surface area contributed by atoms with Crippen molar-refractivity contribution in [3.8, 4) is 0 Å². The number of rotatable bonds is 5. The predicted octanol–water partition coefficient (Wildman–Crippen LogP) is 3.52. The minimum absolute atomic E-state index is 0.0673. The number of aryl methyl sites for hydroxylation is 1. The van der Waals surface area contributed by atoms with Gasteiger partial charge in [0.05, 0.1) is 0 Å². The van der Waals surface area contributed by atoms with Crippen molar-refractivity contribution in [2.45, 2.75) is 6.92 Å². The van der Waals surface area contributed by atoms with E-state index in [1.807, 2.05) is 6.92 Å². The van der Waals surface area contributed by atoms with E-state index in [1.54, 1.807) is 36.4 Å². The molecule has 0 aliphatic rings. The fourth-order valence-corrected chi connectivity index (χ4v) is 2.59. The number of aromatic nitrogens is 1. The molecule has 2 aromatic carbocycles. The van der Waals surface area contributed by atoms with Crippen molar-refractivity contribution < 1.29 is 18.7 Å². The standard InChI is InChI=1S/C20H18FN3O3/c1-12-6-8-14(22-18(25)11-27-2)10-17(12)24-20(26)16-9-7-13-4-3-5-15(21)19(13)23-16/h3-10H,11H2,1-2H3,(H,22,25)(H,24,26). The van der Waals surface area contributed by atoms with E-state index in [2.05, 4.69) is 15.6 Å². The van der Waals surface area contributed by atoms with E-state index in [9.17, 15) is 14.0 Å². The predicted molar refractivity (Wildman–Crippen MR) is 101 cm³/mol.